The minimum Gasteiger partial charge on any atom is -0.349 e. The van der Waals surface area contributed by atoms with E-state index in [-0.39, 0.29) is 5.91 Å². The van der Waals surface area contributed by atoms with Gasteiger partial charge in [-0.15, -0.1) is 0 Å². The molecule has 0 unspecified atom stereocenters. The van der Waals surface area contributed by atoms with Gasteiger partial charge in [0.1, 0.15) is 5.82 Å². The van der Waals surface area contributed by atoms with Crippen LogP contribution in [0.2, 0.25) is 0 Å². The third-order valence-electron chi connectivity index (χ3n) is 1.69. The Balaban J connectivity index is 2.50. The monoisotopic (exact) mass is 194 g/mol. The van der Waals surface area contributed by atoms with Crippen LogP contribution in [0.1, 0.15) is 18.4 Å². The summed E-state index contributed by atoms with van der Waals surface area (Å²) in [4.78, 5) is 19.2. The Kier molecular flexibility index (Phi) is 3.53. The van der Waals surface area contributed by atoms with E-state index in [9.17, 15) is 4.79 Å². The second kappa shape index (κ2) is 4.66. The van der Waals surface area contributed by atoms with Crippen molar-refractivity contribution in [1.82, 2.24) is 15.3 Å². The third-order valence-corrected chi connectivity index (χ3v) is 1.69. The molecule has 0 saturated heterocycles. The van der Waals surface area contributed by atoms with Gasteiger partial charge in [-0.1, -0.05) is 0 Å². The van der Waals surface area contributed by atoms with Crippen LogP contribution in [0.5, 0.6) is 0 Å². The largest absolute Gasteiger partial charge is 0.349 e. The van der Waals surface area contributed by atoms with Crippen LogP contribution in [0.25, 0.3) is 0 Å². The van der Waals surface area contributed by atoms with E-state index < -0.39 is 6.04 Å². The lowest BCUT2D eigenvalue weighted by atomic mass is 10.3. The molecule has 76 valence electrons. The molecule has 1 rings (SSSR count). The van der Waals surface area contributed by atoms with E-state index in [0.717, 1.165) is 5.69 Å². The van der Waals surface area contributed by atoms with Crippen LogP contribution in [0, 0.1) is 6.92 Å². The van der Waals surface area contributed by atoms with Gasteiger partial charge < -0.3 is 11.1 Å². The fraction of sp³-hybridized carbons (Fsp3) is 0.444. The summed E-state index contributed by atoms with van der Waals surface area (Å²) >= 11 is 0. The number of nitrogens with one attached hydrogen (secondary N) is 1. The molecule has 5 nitrogen and oxygen atoms in total. The molecule has 14 heavy (non-hydrogen) atoms. The second-order valence-corrected chi connectivity index (χ2v) is 3.10. The molecule has 0 saturated carbocycles. The van der Waals surface area contributed by atoms with Crippen LogP contribution in [-0.4, -0.2) is 21.9 Å². The number of carbonyl (C=O) groups is 1. The number of nitrogens with zero attached hydrogens (tertiary/aromatic N) is 2. The van der Waals surface area contributed by atoms with Gasteiger partial charge in [0, 0.05) is 6.20 Å². The highest BCUT2D eigenvalue weighted by Gasteiger charge is 2.06. The number of hydrogen-bond donors (Lipinski definition) is 2. The summed E-state index contributed by atoms with van der Waals surface area (Å²) in [5.41, 5.74) is 6.17. The van der Waals surface area contributed by atoms with E-state index in [0.29, 0.717) is 12.4 Å². The highest BCUT2D eigenvalue weighted by Crippen LogP contribution is 1.93. The average molecular weight is 194 g/mol. The van der Waals surface area contributed by atoms with Crippen LogP contribution in [0.15, 0.2) is 12.3 Å². The van der Waals surface area contributed by atoms with E-state index in [1.807, 2.05) is 0 Å². The Labute approximate surface area is 82.7 Å². The molecule has 0 aliphatic carbocycles. The number of aromatic nitrogens is 2. The normalized spacial score (nSPS) is 12.2. The molecule has 1 heterocycles. The van der Waals surface area contributed by atoms with Crippen molar-refractivity contribution in [1.29, 1.82) is 0 Å². The van der Waals surface area contributed by atoms with Crippen LogP contribution in [-0.2, 0) is 11.3 Å². The first kappa shape index (κ1) is 10.6. The third kappa shape index (κ3) is 3.10. The molecule has 1 aromatic heterocycles. The lowest BCUT2D eigenvalue weighted by molar-refractivity contribution is -0.122. The minimum absolute atomic E-state index is 0.179. The lowest BCUT2D eigenvalue weighted by Gasteiger charge is -2.06. The van der Waals surface area contributed by atoms with Gasteiger partial charge in [-0.25, -0.2) is 9.97 Å². The molecule has 0 radical (unpaired) electrons. The van der Waals surface area contributed by atoms with Gasteiger partial charge in [-0.2, -0.15) is 0 Å². The van der Waals surface area contributed by atoms with Crippen LogP contribution >= 0.6 is 0 Å². The first-order valence-electron chi connectivity index (χ1n) is 4.41. The van der Waals surface area contributed by atoms with E-state index in [1.54, 1.807) is 26.1 Å². The predicted molar refractivity (Wildman–Crippen MR) is 52.3 cm³/mol. The molecule has 0 aromatic carbocycles. The number of carbonyl (C=O) groups excluding carboxylic acids is 1. The first-order valence-corrected chi connectivity index (χ1v) is 4.41. The van der Waals surface area contributed by atoms with Gasteiger partial charge >= 0.3 is 0 Å². The highest BCUT2D eigenvalue weighted by molar-refractivity contribution is 5.80. The summed E-state index contributed by atoms with van der Waals surface area (Å²) < 4.78 is 0. The molecule has 5 heteroatoms. The van der Waals surface area contributed by atoms with Crippen molar-refractivity contribution in [3.05, 3.63) is 23.8 Å². The molecule has 1 aromatic rings. The van der Waals surface area contributed by atoms with Crippen LogP contribution in [0.4, 0.5) is 0 Å². The first-order chi connectivity index (χ1) is 6.59. The Bertz CT molecular complexity index is 324. The maximum absolute atomic E-state index is 11.1. The van der Waals surface area contributed by atoms with E-state index in [1.165, 1.54) is 0 Å². The maximum atomic E-state index is 11.1. The predicted octanol–water partition coefficient (Wildman–Crippen LogP) is -0.252. The molecule has 0 fully saturated rings. The van der Waals surface area contributed by atoms with Gasteiger partial charge in [0.2, 0.25) is 5.91 Å². The zero-order valence-electron chi connectivity index (χ0n) is 8.32. The van der Waals surface area contributed by atoms with Crippen molar-refractivity contribution in [3.8, 4) is 0 Å². The van der Waals surface area contributed by atoms with E-state index in [2.05, 4.69) is 15.3 Å². The standard InChI is InChI=1S/C9H14N4O/c1-6(10)9(14)12-5-8-3-4-11-7(2)13-8/h3-4,6H,5,10H2,1-2H3,(H,12,14)/t6-/m0/s1. The maximum Gasteiger partial charge on any atom is 0.236 e. The molecule has 1 amide bonds. The highest BCUT2D eigenvalue weighted by atomic mass is 16.2. The molecule has 0 aliphatic heterocycles. The zero-order valence-corrected chi connectivity index (χ0v) is 8.32. The topological polar surface area (TPSA) is 80.9 Å². The number of aryl methyl sites for hydroxylation is 1. The van der Waals surface area contributed by atoms with Gasteiger partial charge in [0.05, 0.1) is 18.3 Å². The minimum atomic E-state index is -0.488. The molecular formula is C9H14N4O. The molecule has 0 bridgehead atoms. The van der Waals surface area contributed by atoms with Gasteiger partial charge in [0.15, 0.2) is 0 Å². The number of nitrogens with two attached hydrogens (primary N) is 1. The van der Waals surface area contributed by atoms with Crippen LogP contribution in [0.3, 0.4) is 0 Å². The average Bonchev–Trinajstić information content (AvgIpc) is 2.14. The molecular weight excluding hydrogens is 180 g/mol. The van der Waals surface area contributed by atoms with Crippen molar-refractivity contribution < 1.29 is 4.79 Å². The van der Waals surface area contributed by atoms with Crippen molar-refractivity contribution in [3.63, 3.8) is 0 Å². The molecule has 0 spiro atoms. The molecule has 1 atom stereocenters. The smallest absolute Gasteiger partial charge is 0.236 e. The summed E-state index contributed by atoms with van der Waals surface area (Å²) in [6, 6.07) is 1.27. The zero-order chi connectivity index (χ0) is 10.6. The van der Waals surface area contributed by atoms with Crippen molar-refractivity contribution in [2.24, 2.45) is 5.73 Å². The summed E-state index contributed by atoms with van der Waals surface area (Å²) in [7, 11) is 0. The van der Waals surface area contributed by atoms with Gasteiger partial charge in [-0.3, -0.25) is 4.79 Å². The summed E-state index contributed by atoms with van der Waals surface area (Å²) in [6.45, 7) is 3.83. The summed E-state index contributed by atoms with van der Waals surface area (Å²) in [5.74, 6) is 0.513. The Morgan fingerprint density at radius 2 is 2.43 bits per heavy atom. The quantitative estimate of drug-likeness (QED) is 0.695. The number of rotatable bonds is 3. The van der Waals surface area contributed by atoms with E-state index in [4.69, 9.17) is 5.73 Å². The SMILES string of the molecule is Cc1nccc(CNC(=O)[C@H](C)N)n1. The fourth-order valence-electron chi connectivity index (χ4n) is 0.942. The number of amides is 1. The van der Waals surface area contributed by atoms with Crippen molar-refractivity contribution in [2.45, 2.75) is 26.4 Å². The van der Waals surface area contributed by atoms with E-state index >= 15 is 0 Å². The van der Waals surface area contributed by atoms with Crippen LogP contribution < -0.4 is 11.1 Å². The van der Waals surface area contributed by atoms with Gasteiger partial charge in [-0.05, 0) is 19.9 Å². The molecule has 0 aliphatic rings. The second-order valence-electron chi connectivity index (χ2n) is 3.10. The number of hydrogen-bond acceptors (Lipinski definition) is 4. The van der Waals surface area contributed by atoms with Gasteiger partial charge in [0.25, 0.3) is 0 Å². The summed E-state index contributed by atoms with van der Waals surface area (Å²) in [5, 5.41) is 2.67. The van der Waals surface area contributed by atoms with Crippen molar-refractivity contribution >= 4 is 5.91 Å². The Hall–Kier alpha value is -1.49. The van der Waals surface area contributed by atoms with Crippen molar-refractivity contribution in [2.75, 3.05) is 0 Å². The lowest BCUT2D eigenvalue weighted by Crippen LogP contribution is -2.38. The Morgan fingerprint density at radius 3 is 3.00 bits per heavy atom. The Morgan fingerprint density at radius 1 is 1.71 bits per heavy atom. The fourth-order valence-corrected chi connectivity index (χ4v) is 0.942. The molecule has 3 N–H and O–H groups in total. The summed E-state index contributed by atoms with van der Waals surface area (Å²) in [6.07, 6.45) is 1.66.